The van der Waals surface area contributed by atoms with E-state index in [1.165, 1.54) is 0 Å². The zero-order chi connectivity index (χ0) is 15.6. The molecule has 1 aliphatic rings. The monoisotopic (exact) mass is 312 g/mol. The molecule has 2 N–H and O–H groups in total. The van der Waals surface area contributed by atoms with Crippen LogP contribution in [0.1, 0.15) is 24.5 Å². The van der Waals surface area contributed by atoms with Gasteiger partial charge in [0.1, 0.15) is 0 Å². The van der Waals surface area contributed by atoms with Crippen LogP contribution in [0.25, 0.3) is 0 Å². The molecule has 118 valence electrons. The summed E-state index contributed by atoms with van der Waals surface area (Å²) < 4.78 is 32.8. The first-order valence-electron chi connectivity index (χ1n) is 7.31. The van der Waals surface area contributed by atoms with E-state index in [0.29, 0.717) is 41.4 Å². The number of hydrogen-bond acceptors (Lipinski definition) is 4. The molecule has 1 atom stereocenters. The number of nitrogen functional groups attached to an aromatic ring is 1. The summed E-state index contributed by atoms with van der Waals surface area (Å²) >= 11 is 0. The van der Waals surface area contributed by atoms with Crippen LogP contribution >= 0.6 is 0 Å². The number of sulfonamides is 1. The molecule has 1 heterocycles. The molecule has 0 aliphatic carbocycles. The summed E-state index contributed by atoms with van der Waals surface area (Å²) in [6.45, 7) is 7.80. The van der Waals surface area contributed by atoms with Gasteiger partial charge >= 0.3 is 0 Å². The van der Waals surface area contributed by atoms with Crippen LogP contribution in [0, 0.1) is 19.8 Å². The van der Waals surface area contributed by atoms with E-state index in [1.54, 1.807) is 30.3 Å². The maximum absolute atomic E-state index is 12.9. The highest BCUT2D eigenvalue weighted by Crippen LogP contribution is 2.27. The van der Waals surface area contributed by atoms with Crippen LogP contribution in [0.15, 0.2) is 17.0 Å². The van der Waals surface area contributed by atoms with E-state index in [9.17, 15) is 8.42 Å². The fraction of sp³-hybridized carbons (Fsp3) is 0.600. The van der Waals surface area contributed by atoms with E-state index >= 15 is 0 Å². The summed E-state index contributed by atoms with van der Waals surface area (Å²) in [5.41, 5.74) is 7.79. The molecule has 1 aromatic rings. The van der Waals surface area contributed by atoms with Gasteiger partial charge in [0, 0.05) is 25.4 Å². The summed E-state index contributed by atoms with van der Waals surface area (Å²) in [6, 6.07) is 3.43. The molecule has 2 rings (SSSR count). The number of rotatable bonds is 5. The number of benzene rings is 1. The number of nitrogens with two attached hydrogens (primary N) is 1. The molecule has 1 aromatic carbocycles. The van der Waals surface area contributed by atoms with Gasteiger partial charge in [-0.15, -0.1) is 0 Å². The van der Waals surface area contributed by atoms with Crippen molar-refractivity contribution in [1.82, 2.24) is 4.31 Å². The van der Waals surface area contributed by atoms with Gasteiger partial charge in [0.2, 0.25) is 10.0 Å². The molecule has 1 fully saturated rings. The van der Waals surface area contributed by atoms with Crippen molar-refractivity contribution < 1.29 is 13.2 Å². The topological polar surface area (TPSA) is 72.6 Å². The third kappa shape index (κ3) is 3.39. The van der Waals surface area contributed by atoms with Crippen molar-refractivity contribution in [1.29, 1.82) is 0 Å². The van der Waals surface area contributed by atoms with Crippen LogP contribution in [-0.2, 0) is 14.8 Å². The Morgan fingerprint density at radius 3 is 2.43 bits per heavy atom. The van der Waals surface area contributed by atoms with Crippen LogP contribution in [0.2, 0.25) is 0 Å². The molecule has 1 unspecified atom stereocenters. The molecule has 0 saturated carbocycles. The van der Waals surface area contributed by atoms with Crippen molar-refractivity contribution in [2.24, 2.45) is 5.92 Å². The lowest BCUT2D eigenvalue weighted by Crippen LogP contribution is -2.36. The van der Waals surface area contributed by atoms with E-state index in [4.69, 9.17) is 10.5 Å². The zero-order valence-electron chi connectivity index (χ0n) is 12.9. The first kappa shape index (κ1) is 16.3. The highest BCUT2D eigenvalue weighted by Gasteiger charge is 2.30. The number of hydrogen-bond donors (Lipinski definition) is 1. The van der Waals surface area contributed by atoms with E-state index in [1.807, 2.05) is 6.92 Å². The number of ether oxygens (including phenoxy) is 1. The van der Waals surface area contributed by atoms with Crippen molar-refractivity contribution in [2.75, 3.05) is 32.0 Å². The predicted octanol–water partition coefficient (Wildman–Crippen LogP) is 1.93. The summed E-state index contributed by atoms with van der Waals surface area (Å²) in [7, 11) is -3.49. The Balaban J connectivity index is 2.35. The van der Waals surface area contributed by atoms with Gasteiger partial charge in [-0.2, -0.15) is 4.31 Å². The summed E-state index contributed by atoms with van der Waals surface area (Å²) in [6.07, 6.45) is 0.922. The van der Waals surface area contributed by atoms with Gasteiger partial charge in [0.25, 0.3) is 0 Å². The van der Waals surface area contributed by atoms with Gasteiger partial charge in [-0.3, -0.25) is 0 Å². The Hall–Kier alpha value is -1.11. The fourth-order valence-electron chi connectivity index (χ4n) is 2.93. The average Bonchev–Trinajstić information content (AvgIpc) is 2.86. The summed E-state index contributed by atoms with van der Waals surface area (Å²) in [5.74, 6) is 0.286. The van der Waals surface area contributed by atoms with Gasteiger partial charge < -0.3 is 10.5 Å². The third-order valence-electron chi connectivity index (χ3n) is 3.92. The van der Waals surface area contributed by atoms with Crippen LogP contribution < -0.4 is 5.73 Å². The maximum Gasteiger partial charge on any atom is 0.243 e. The summed E-state index contributed by atoms with van der Waals surface area (Å²) in [4.78, 5) is 0.387. The molecule has 5 nitrogen and oxygen atoms in total. The molecule has 0 amide bonds. The van der Waals surface area contributed by atoms with Gasteiger partial charge in [-0.25, -0.2) is 8.42 Å². The Morgan fingerprint density at radius 1 is 1.33 bits per heavy atom. The number of aryl methyl sites for hydroxylation is 2. The molecule has 0 aromatic heterocycles. The van der Waals surface area contributed by atoms with E-state index in [-0.39, 0.29) is 5.92 Å². The zero-order valence-corrected chi connectivity index (χ0v) is 13.7. The Labute approximate surface area is 127 Å². The average molecular weight is 312 g/mol. The standard InChI is InChI=1S/C15H24N2O3S/c1-4-17(9-13-5-6-20-10-13)21(18,19)15-11(2)7-14(16)8-12(15)3/h7-8,13H,4-6,9-10,16H2,1-3H3. The normalized spacial score (nSPS) is 19.3. The van der Waals surface area contributed by atoms with Crippen molar-refractivity contribution in [3.63, 3.8) is 0 Å². The molecular weight excluding hydrogens is 288 g/mol. The Bertz CT molecular complexity index is 584. The minimum absolute atomic E-state index is 0.286. The largest absolute Gasteiger partial charge is 0.399 e. The van der Waals surface area contributed by atoms with Crippen molar-refractivity contribution in [2.45, 2.75) is 32.1 Å². The molecule has 1 saturated heterocycles. The first-order valence-corrected chi connectivity index (χ1v) is 8.75. The van der Waals surface area contributed by atoms with Gasteiger partial charge in [0.05, 0.1) is 11.5 Å². The molecule has 0 bridgehead atoms. The lowest BCUT2D eigenvalue weighted by Gasteiger charge is -2.25. The van der Waals surface area contributed by atoms with Crippen molar-refractivity contribution >= 4 is 15.7 Å². The molecular formula is C15H24N2O3S. The van der Waals surface area contributed by atoms with Crippen LogP contribution in [0.5, 0.6) is 0 Å². The molecule has 21 heavy (non-hydrogen) atoms. The smallest absolute Gasteiger partial charge is 0.243 e. The Morgan fingerprint density at radius 2 is 1.95 bits per heavy atom. The van der Waals surface area contributed by atoms with E-state index in [0.717, 1.165) is 13.0 Å². The quantitative estimate of drug-likeness (QED) is 0.843. The summed E-state index contributed by atoms with van der Waals surface area (Å²) in [5, 5.41) is 0. The highest BCUT2D eigenvalue weighted by atomic mass is 32.2. The minimum Gasteiger partial charge on any atom is -0.399 e. The van der Waals surface area contributed by atoms with E-state index in [2.05, 4.69) is 0 Å². The van der Waals surface area contributed by atoms with Crippen molar-refractivity contribution in [3.05, 3.63) is 23.3 Å². The van der Waals surface area contributed by atoms with Crippen molar-refractivity contribution in [3.8, 4) is 0 Å². The van der Waals surface area contributed by atoms with Crippen LogP contribution in [0.3, 0.4) is 0 Å². The van der Waals surface area contributed by atoms with Gasteiger partial charge in [-0.05, 0) is 49.4 Å². The van der Waals surface area contributed by atoms with E-state index < -0.39 is 10.0 Å². The predicted molar refractivity (Wildman–Crippen MR) is 83.7 cm³/mol. The lowest BCUT2D eigenvalue weighted by atomic mass is 10.1. The molecule has 6 heteroatoms. The second-order valence-corrected chi connectivity index (χ2v) is 7.54. The molecule has 0 radical (unpaired) electrons. The van der Waals surface area contributed by atoms with Gasteiger partial charge in [-0.1, -0.05) is 6.92 Å². The first-order chi connectivity index (χ1) is 9.86. The molecule has 1 aliphatic heterocycles. The molecule has 0 spiro atoms. The Kier molecular flexibility index (Phi) is 4.91. The second-order valence-electron chi connectivity index (χ2n) is 5.67. The van der Waals surface area contributed by atoms with Crippen LogP contribution in [-0.4, -0.2) is 39.0 Å². The fourth-order valence-corrected chi connectivity index (χ4v) is 4.87. The highest BCUT2D eigenvalue weighted by molar-refractivity contribution is 7.89. The maximum atomic E-state index is 12.9. The SMILES string of the molecule is CCN(CC1CCOC1)S(=O)(=O)c1c(C)cc(N)cc1C. The number of nitrogens with zero attached hydrogens (tertiary/aromatic N) is 1. The number of anilines is 1. The minimum atomic E-state index is -3.49. The van der Waals surface area contributed by atoms with Crippen LogP contribution in [0.4, 0.5) is 5.69 Å². The van der Waals surface area contributed by atoms with Gasteiger partial charge in [0.15, 0.2) is 0 Å². The second kappa shape index (κ2) is 6.34. The lowest BCUT2D eigenvalue weighted by molar-refractivity contribution is 0.181. The third-order valence-corrected chi connectivity index (χ3v) is 6.17.